The molecule has 0 aliphatic carbocycles. The highest BCUT2D eigenvalue weighted by Crippen LogP contribution is 2.20. The molecule has 2 aromatic heterocycles. The van der Waals surface area contributed by atoms with E-state index in [1.54, 1.807) is 58.3 Å². The molecule has 0 bridgehead atoms. The third kappa shape index (κ3) is 27.6. The highest BCUT2D eigenvalue weighted by Gasteiger charge is 2.28. The number of nitrogens with zero attached hydrogens (tertiary/aromatic N) is 6. The molecule has 0 aliphatic rings. The highest BCUT2D eigenvalue weighted by atomic mass is 16.6. The Labute approximate surface area is 454 Å². The number of nitrogens with one attached hydrogen (secondary N) is 5. The van der Waals surface area contributed by atoms with Crippen LogP contribution in [0.5, 0.6) is 0 Å². The zero-order chi connectivity index (χ0) is 57.3. The SMILES string of the molecule is CNC(=O)CCOCCOCCOCCOCCNC(=O)CCCC(=O)NCCCN(CCCNC(=O)CCC(NC(=O)c1ccc(N(C)Cc2cnc3nc(N)nc(N)c3n2)cc1)C(=O)OC(C)(C)C)C(=O)CCC(=O)O. The molecule has 0 spiro atoms. The zero-order valence-corrected chi connectivity index (χ0v) is 45.5. The van der Waals surface area contributed by atoms with E-state index in [1.165, 1.54) is 4.90 Å². The smallest absolute Gasteiger partial charge is 0.329 e. The van der Waals surface area contributed by atoms with Gasteiger partial charge in [0, 0.05) is 90.2 Å². The van der Waals surface area contributed by atoms with Crippen molar-refractivity contribution in [2.24, 2.45) is 0 Å². The summed E-state index contributed by atoms with van der Waals surface area (Å²) in [6.45, 7) is 9.39. The molecule has 27 heteroatoms. The molecule has 432 valence electrons. The summed E-state index contributed by atoms with van der Waals surface area (Å²) in [6, 6.07) is 5.49. The number of fused-ring (bicyclic) bond motifs is 1. The van der Waals surface area contributed by atoms with Crippen LogP contribution < -0.4 is 43.0 Å². The van der Waals surface area contributed by atoms with Crippen molar-refractivity contribution >= 4 is 76.0 Å². The lowest BCUT2D eigenvalue weighted by molar-refractivity contribution is -0.157. The van der Waals surface area contributed by atoms with E-state index in [4.69, 9.17) is 40.3 Å². The number of hydrogen-bond acceptors (Lipinski definition) is 20. The summed E-state index contributed by atoms with van der Waals surface area (Å²) in [5, 5.41) is 22.7. The van der Waals surface area contributed by atoms with Gasteiger partial charge < -0.3 is 76.6 Å². The fourth-order valence-electron chi connectivity index (χ4n) is 7.12. The Balaban J connectivity index is 1.34. The van der Waals surface area contributed by atoms with E-state index in [1.807, 2.05) is 11.9 Å². The first kappa shape index (κ1) is 64.9. The van der Waals surface area contributed by atoms with Crippen molar-refractivity contribution in [2.75, 3.05) is 116 Å². The first-order valence-electron chi connectivity index (χ1n) is 25.9. The second kappa shape index (κ2) is 35.9. The quantitative estimate of drug-likeness (QED) is 0.0287. The van der Waals surface area contributed by atoms with Gasteiger partial charge in [0.2, 0.25) is 35.5 Å². The topological polar surface area (TPSA) is 373 Å². The number of aliphatic carboxylic acids is 1. The van der Waals surface area contributed by atoms with E-state index in [-0.39, 0.29) is 105 Å². The molecule has 3 aromatic rings. The summed E-state index contributed by atoms with van der Waals surface area (Å²) in [4.78, 5) is 120. The second-order valence-corrected chi connectivity index (χ2v) is 18.8. The average molecular weight is 1100 g/mol. The summed E-state index contributed by atoms with van der Waals surface area (Å²) in [7, 11) is 3.40. The maximum Gasteiger partial charge on any atom is 0.329 e. The lowest BCUT2D eigenvalue weighted by Crippen LogP contribution is -2.45. The molecule has 0 radical (unpaired) electrons. The molecule has 78 heavy (non-hydrogen) atoms. The molecule has 10 N–H and O–H groups in total. The van der Waals surface area contributed by atoms with E-state index in [0.717, 1.165) is 5.69 Å². The van der Waals surface area contributed by atoms with Gasteiger partial charge in [0.25, 0.3) is 5.91 Å². The molecule has 1 aromatic carbocycles. The van der Waals surface area contributed by atoms with Gasteiger partial charge in [-0.3, -0.25) is 33.6 Å². The van der Waals surface area contributed by atoms with Crippen LogP contribution in [0, 0.1) is 0 Å². The summed E-state index contributed by atoms with van der Waals surface area (Å²) < 4.78 is 27.1. The Bertz CT molecular complexity index is 2390. The van der Waals surface area contributed by atoms with E-state index in [2.05, 4.69) is 46.5 Å². The van der Waals surface area contributed by atoms with Crippen LogP contribution in [0.25, 0.3) is 11.2 Å². The van der Waals surface area contributed by atoms with Crippen LogP contribution in [0.4, 0.5) is 17.5 Å². The summed E-state index contributed by atoms with van der Waals surface area (Å²) in [6.07, 6.45) is 2.34. The van der Waals surface area contributed by atoms with Crippen molar-refractivity contribution < 1.29 is 67.1 Å². The number of carbonyl (C=O) groups excluding carboxylic acids is 7. The normalized spacial score (nSPS) is 11.6. The van der Waals surface area contributed by atoms with Crippen molar-refractivity contribution in [1.82, 2.24) is 51.4 Å². The zero-order valence-electron chi connectivity index (χ0n) is 45.5. The number of amides is 6. The summed E-state index contributed by atoms with van der Waals surface area (Å²) >= 11 is 0. The molecule has 1 atom stereocenters. The van der Waals surface area contributed by atoms with Gasteiger partial charge >= 0.3 is 11.9 Å². The maximum atomic E-state index is 13.4. The summed E-state index contributed by atoms with van der Waals surface area (Å²) in [5.74, 6) is -3.66. The van der Waals surface area contributed by atoms with Crippen LogP contribution in [0.1, 0.15) is 101 Å². The minimum Gasteiger partial charge on any atom is -0.481 e. The Hall–Kier alpha value is -7.36. The lowest BCUT2D eigenvalue weighted by Gasteiger charge is -2.25. The maximum absolute atomic E-state index is 13.4. The third-order valence-electron chi connectivity index (χ3n) is 11.1. The standard InChI is InChI=1S/C51H79N13O14/c1-51(2,3)78-49(73)38(60-48(72)35-11-13-37(14-12-35)63(5)34-36-33-58-47-45(59-36)46(52)61-50(53)62-47)15-16-42(68)56-21-8-24-64(43(69)17-18-44(70)71)23-7-20-55-40(66)9-6-10-41(67)57-22-26-75-28-30-77-32-31-76-29-27-74-25-19-39(65)54-4/h11-14,33,38H,6-10,15-32,34H2,1-5H3,(H,54,65)(H,55,66)(H,56,68)(H,57,67)(H,60,72)(H,70,71)(H4,52,53,58,61,62). The lowest BCUT2D eigenvalue weighted by atomic mass is 10.1. The number of aromatic nitrogens is 4. The third-order valence-corrected chi connectivity index (χ3v) is 11.1. The molecule has 3 rings (SSSR count). The number of hydrogen-bond donors (Lipinski definition) is 8. The first-order valence-corrected chi connectivity index (χ1v) is 25.9. The number of benzene rings is 1. The molecule has 27 nitrogen and oxygen atoms in total. The molecular formula is C51H79N13O14. The monoisotopic (exact) mass is 1100 g/mol. The number of carboxylic acids is 1. The Kier molecular flexibility index (Phi) is 29.9. The van der Waals surface area contributed by atoms with Gasteiger partial charge in [0.1, 0.15) is 11.6 Å². The van der Waals surface area contributed by atoms with Crippen LogP contribution in [0.2, 0.25) is 0 Å². The number of esters is 1. The van der Waals surface area contributed by atoms with Gasteiger partial charge in [0.05, 0.1) is 77.7 Å². The van der Waals surface area contributed by atoms with Crippen LogP contribution in [0.3, 0.4) is 0 Å². The predicted octanol–water partition coefficient (Wildman–Crippen LogP) is 0.636. The van der Waals surface area contributed by atoms with Crippen LogP contribution in [-0.2, 0) is 63.8 Å². The van der Waals surface area contributed by atoms with E-state index < -0.39 is 41.3 Å². The van der Waals surface area contributed by atoms with Gasteiger partial charge in [-0.15, -0.1) is 0 Å². The van der Waals surface area contributed by atoms with E-state index in [9.17, 15) is 38.4 Å². The van der Waals surface area contributed by atoms with E-state index in [0.29, 0.717) is 103 Å². The van der Waals surface area contributed by atoms with Crippen molar-refractivity contribution in [1.29, 1.82) is 0 Å². The highest BCUT2D eigenvalue weighted by molar-refractivity contribution is 5.97. The fourth-order valence-corrected chi connectivity index (χ4v) is 7.12. The molecular weight excluding hydrogens is 1020 g/mol. The van der Waals surface area contributed by atoms with Gasteiger partial charge in [-0.05, 0) is 70.7 Å². The number of rotatable bonds is 39. The van der Waals surface area contributed by atoms with Crippen LogP contribution in [-0.4, -0.2) is 189 Å². The largest absolute Gasteiger partial charge is 0.481 e. The minimum absolute atomic E-state index is 0.00723. The number of anilines is 3. The molecule has 0 saturated carbocycles. The number of carbonyl (C=O) groups is 8. The second-order valence-electron chi connectivity index (χ2n) is 18.8. The Morgan fingerprint density at radius 2 is 1.23 bits per heavy atom. The van der Waals surface area contributed by atoms with Crippen molar-refractivity contribution in [3.8, 4) is 0 Å². The molecule has 0 fully saturated rings. The molecule has 0 saturated heterocycles. The Morgan fingerprint density at radius 1 is 0.667 bits per heavy atom. The Morgan fingerprint density at radius 3 is 1.81 bits per heavy atom. The van der Waals surface area contributed by atoms with E-state index >= 15 is 0 Å². The van der Waals surface area contributed by atoms with Gasteiger partial charge in [-0.2, -0.15) is 9.97 Å². The number of nitrogen functional groups attached to an aromatic ring is 2. The van der Waals surface area contributed by atoms with Crippen LogP contribution >= 0.6 is 0 Å². The van der Waals surface area contributed by atoms with Gasteiger partial charge in [-0.25, -0.2) is 14.8 Å². The average Bonchev–Trinajstić information content (AvgIpc) is 3.40. The first-order chi connectivity index (χ1) is 37.2. The van der Waals surface area contributed by atoms with Crippen molar-refractivity contribution in [3.63, 3.8) is 0 Å². The van der Waals surface area contributed by atoms with Crippen molar-refractivity contribution in [3.05, 3.63) is 41.7 Å². The van der Waals surface area contributed by atoms with Crippen LogP contribution in [0.15, 0.2) is 30.5 Å². The summed E-state index contributed by atoms with van der Waals surface area (Å²) in [5.41, 5.74) is 12.9. The molecule has 0 aliphatic heterocycles. The predicted molar refractivity (Wildman–Crippen MR) is 286 cm³/mol. The fraction of sp³-hybridized carbons (Fsp3) is 0.608. The van der Waals surface area contributed by atoms with Gasteiger partial charge in [0.15, 0.2) is 17.0 Å². The minimum atomic E-state index is -1.16. The number of nitrogens with two attached hydrogens (primary N) is 2. The van der Waals surface area contributed by atoms with Crippen molar-refractivity contribution in [2.45, 2.75) is 103 Å². The molecule has 1 unspecified atom stereocenters. The molecule has 2 heterocycles. The molecule has 6 amide bonds. The number of carboxylic acid groups (broad SMARTS) is 1. The van der Waals surface area contributed by atoms with Gasteiger partial charge in [-0.1, -0.05) is 0 Å². The number of ether oxygens (including phenoxy) is 5.